The number of ether oxygens (including phenoxy) is 2. The van der Waals surface area contributed by atoms with Crippen molar-refractivity contribution in [3.63, 3.8) is 0 Å². The molecule has 0 aromatic heterocycles. The summed E-state index contributed by atoms with van der Waals surface area (Å²) in [6.45, 7) is 3.79. The average molecular weight is 852 g/mol. The molecule has 6 N–H and O–H groups in total. The van der Waals surface area contributed by atoms with Crippen LogP contribution in [0.25, 0.3) is 0 Å². The molecule has 0 aromatic carbocycles. The van der Waals surface area contributed by atoms with Gasteiger partial charge in [-0.15, -0.1) is 0 Å². The minimum Gasteiger partial charge on any atom is -0.394 e. The van der Waals surface area contributed by atoms with Crippen molar-refractivity contribution in [2.45, 2.75) is 281 Å². The molecular weight excluding hydrogens is 755 g/mol. The fourth-order valence-corrected chi connectivity index (χ4v) is 8.15. The van der Waals surface area contributed by atoms with Crippen molar-refractivity contribution in [2.75, 3.05) is 13.2 Å². The highest BCUT2D eigenvalue weighted by Crippen LogP contribution is 2.23. The predicted molar refractivity (Wildman–Crippen MR) is 249 cm³/mol. The van der Waals surface area contributed by atoms with Gasteiger partial charge in [0, 0.05) is 6.42 Å². The third-order valence-corrected chi connectivity index (χ3v) is 12.3. The van der Waals surface area contributed by atoms with Gasteiger partial charge < -0.3 is 40.3 Å². The summed E-state index contributed by atoms with van der Waals surface area (Å²) < 4.78 is 11.2. The first-order valence-corrected chi connectivity index (χ1v) is 25.6. The van der Waals surface area contributed by atoms with E-state index < -0.39 is 49.5 Å². The number of amides is 1. The van der Waals surface area contributed by atoms with Crippen LogP contribution < -0.4 is 5.32 Å². The van der Waals surface area contributed by atoms with E-state index in [1.807, 2.05) is 6.08 Å². The van der Waals surface area contributed by atoms with Gasteiger partial charge in [-0.25, -0.2) is 0 Å². The Kier molecular flexibility index (Phi) is 39.4. The Morgan fingerprint density at radius 3 is 1.35 bits per heavy atom. The van der Waals surface area contributed by atoms with Gasteiger partial charge >= 0.3 is 0 Å². The molecule has 1 fully saturated rings. The van der Waals surface area contributed by atoms with Crippen molar-refractivity contribution in [1.29, 1.82) is 0 Å². The van der Waals surface area contributed by atoms with E-state index in [-0.39, 0.29) is 12.5 Å². The molecule has 1 rings (SSSR count). The number of hydrogen-bond acceptors (Lipinski definition) is 8. The lowest BCUT2D eigenvalue weighted by Crippen LogP contribution is -2.60. The summed E-state index contributed by atoms with van der Waals surface area (Å²) in [5.74, 6) is -0.179. The van der Waals surface area contributed by atoms with Crippen LogP contribution >= 0.6 is 0 Å². The molecule has 0 radical (unpaired) electrons. The second-order valence-corrected chi connectivity index (χ2v) is 18.0. The number of allylic oxidation sites excluding steroid dienone is 3. The lowest BCUT2D eigenvalue weighted by molar-refractivity contribution is -0.302. The van der Waals surface area contributed by atoms with E-state index in [2.05, 4.69) is 31.3 Å². The standard InChI is InChI=1S/C51H97NO8/c1-3-5-7-9-11-13-15-17-19-21-23-24-26-28-30-32-34-36-38-40-45(54)44(43-59-51-50(58)49(57)48(56)46(42-53)60-51)52-47(55)41-39-37-35-33-31-29-27-25-22-20-18-16-14-12-10-8-6-4-2/h20,22,38,40,44-46,48-51,53-54,56-58H,3-19,21,23-37,39,41-43H2,1-2H3,(H,52,55)/b22-20-,40-38+. The summed E-state index contributed by atoms with van der Waals surface area (Å²) in [5.41, 5.74) is 0. The number of carbonyl (C=O) groups excluding carboxylic acids is 1. The molecule has 60 heavy (non-hydrogen) atoms. The van der Waals surface area contributed by atoms with Crippen LogP contribution in [-0.2, 0) is 14.3 Å². The van der Waals surface area contributed by atoms with Crippen molar-refractivity contribution in [1.82, 2.24) is 5.32 Å². The average Bonchev–Trinajstić information content (AvgIpc) is 3.25. The molecule has 1 saturated heterocycles. The number of hydrogen-bond donors (Lipinski definition) is 6. The molecule has 0 bridgehead atoms. The monoisotopic (exact) mass is 852 g/mol. The van der Waals surface area contributed by atoms with E-state index in [0.717, 1.165) is 38.5 Å². The number of carbonyl (C=O) groups is 1. The van der Waals surface area contributed by atoms with Crippen LogP contribution in [0.1, 0.15) is 239 Å². The van der Waals surface area contributed by atoms with Crippen LogP contribution in [0.4, 0.5) is 0 Å². The highest BCUT2D eigenvalue weighted by Gasteiger charge is 2.44. The largest absolute Gasteiger partial charge is 0.394 e. The van der Waals surface area contributed by atoms with Gasteiger partial charge in [-0.1, -0.05) is 212 Å². The lowest BCUT2D eigenvalue weighted by atomic mass is 9.99. The van der Waals surface area contributed by atoms with E-state index in [9.17, 15) is 30.3 Å². The first-order chi connectivity index (χ1) is 29.3. The topological polar surface area (TPSA) is 149 Å². The molecule has 1 aliphatic rings. The molecule has 1 amide bonds. The number of nitrogens with one attached hydrogen (secondary N) is 1. The number of aliphatic hydroxyl groups is 5. The molecular formula is C51H97NO8. The molecule has 7 atom stereocenters. The SMILES string of the molecule is CCCCCCCCC/C=C\CCCCCCCCCC(=O)NC(COC1OC(CO)C(O)C(O)C1O)C(O)/C=C/CCCCCCCCCCCCCCCCCCC. The third-order valence-electron chi connectivity index (χ3n) is 12.3. The Bertz CT molecular complexity index is 992. The smallest absolute Gasteiger partial charge is 0.220 e. The lowest BCUT2D eigenvalue weighted by Gasteiger charge is -2.40. The van der Waals surface area contributed by atoms with Gasteiger partial charge in [0.25, 0.3) is 0 Å². The molecule has 7 unspecified atom stereocenters. The van der Waals surface area contributed by atoms with E-state index >= 15 is 0 Å². The number of unbranched alkanes of at least 4 members (excludes halogenated alkanes) is 31. The van der Waals surface area contributed by atoms with Crippen LogP contribution in [0.5, 0.6) is 0 Å². The van der Waals surface area contributed by atoms with Gasteiger partial charge in [-0.05, 0) is 44.9 Å². The maximum Gasteiger partial charge on any atom is 0.220 e. The predicted octanol–water partition coefficient (Wildman–Crippen LogP) is 11.5. The summed E-state index contributed by atoms with van der Waals surface area (Å²) in [6.07, 6.45) is 43.6. The number of rotatable bonds is 43. The summed E-state index contributed by atoms with van der Waals surface area (Å²) in [5, 5.41) is 54.3. The zero-order valence-electron chi connectivity index (χ0n) is 39.0. The third kappa shape index (κ3) is 31.5. The maximum atomic E-state index is 13.0. The number of aliphatic hydroxyl groups excluding tert-OH is 5. The zero-order valence-corrected chi connectivity index (χ0v) is 39.0. The molecule has 0 spiro atoms. The van der Waals surface area contributed by atoms with Gasteiger partial charge in [0.05, 0.1) is 25.4 Å². The highest BCUT2D eigenvalue weighted by atomic mass is 16.7. The van der Waals surface area contributed by atoms with Crippen LogP contribution in [0.15, 0.2) is 24.3 Å². The summed E-state index contributed by atoms with van der Waals surface area (Å²) in [4.78, 5) is 13.0. The van der Waals surface area contributed by atoms with Crippen molar-refractivity contribution < 1.29 is 39.8 Å². The van der Waals surface area contributed by atoms with E-state index in [1.54, 1.807) is 6.08 Å². The normalized spacial score (nSPS) is 20.7. The molecule has 1 heterocycles. The second kappa shape index (κ2) is 41.7. The van der Waals surface area contributed by atoms with E-state index in [4.69, 9.17) is 9.47 Å². The van der Waals surface area contributed by atoms with Crippen molar-refractivity contribution in [3.8, 4) is 0 Å². The minimum absolute atomic E-state index is 0.179. The molecule has 0 saturated carbocycles. The quantitative estimate of drug-likeness (QED) is 0.0262. The van der Waals surface area contributed by atoms with Crippen molar-refractivity contribution in [2.24, 2.45) is 0 Å². The van der Waals surface area contributed by atoms with Gasteiger partial charge in [0.15, 0.2) is 6.29 Å². The Morgan fingerprint density at radius 2 is 0.933 bits per heavy atom. The second-order valence-electron chi connectivity index (χ2n) is 18.0. The van der Waals surface area contributed by atoms with Crippen LogP contribution in [0.3, 0.4) is 0 Å². The molecule has 0 aliphatic carbocycles. The Labute approximate surface area is 369 Å². The van der Waals surface area contributed by atoms with Gasteiger partial charge in [-0.2, -0.15) is 0 Å². The summed E-state index contributed by atoms with van der Waals surface area (Å²) in [7, 11) is 0. The maximum absolute atomic E-state index is 13.0. The molecule has 9 nitrogen and oxygen atoms in total. The van der Waals surface area contributed by atoms with Crippen LogP contribution in [0, 0.1) is 0 Å². The minimum atomic E-state index is -1.57. The highest BCUT2D eigenvalue weighted by molar-refractivity contribution is 5.76. The van der Waals surface area contributed by atoms with Gasteiger partial charge in [-0.3, -0.25) is 4.79 Å². The van der Waals surface area contributed by atoms with E-state index in [0.29, 0.717) is 6.42 Å². The first-order valence-electron chi connectivity index (χ1n) is 25.6. The molecule has 0 aromatic rings. The zero-order chi connectivity index (χ0) is 43.7. The van der Waals surface area contributed by atoms with Crippen LogP contribution in [-0.4, -0.2) is 87.5 Å². The fraction of sp³-hybridized carbons (Fsp3) is 0.902. The van der Waals surface area contributed by atoms with Crippen molar-refractivity contribution >= 4 is 5.91 Å². The Hall–Kier alpha value is -1.33. The van der Waals surface area contributed by atoms with Gasteiger partial charge in [0.2, 0.25) is 5.91 Å². The molecule has 354 valence electrons. The molecule has 1 aliphatic heterocycles. The van der Waals surface area contributed by atoms with E-state index in [1.165, 1.54) is 180 Å². The fourth-order valence-electron chi connectivity index (χ4n) is 8.15. The Balaban J connectivity index is 2.31. The first kappa shape index (κ1) is 56.7. The Morgan fingerprint density at radius 1 is 0.550 bits per heavy atom. The summed E-state index contributed by atoms with van der Waals surface area (Å²) >= 11 is 0. The summed E-state index contributed by atoms with van der Waals surface area (Å²) in [6, 6.07) is -0.804. The van der Waals surface area contributed by atoms with Crippen molar-refractivity contribution in [3.05, 3.63) is 24.3 Å². The van der Waals surface area contributed by atoms with Crippen LogP contribution in [0.2, 0.25) is 0 Å². The van der Waals surface area contributed by atoms with Gasteiger partial charge in [0.1, 0.15) is 24.4 Å². The molecule has 9 heteroatoms.